The fourth-order valence-electron chi connectivity index (χ4n) is 1.55. The molecule has 0 amide bonds. The molecule has 17 heavy (non-hydrogen) atoms. The van der Waals surface area contributed by atoms with Crippen molar-refractivity contribution in [1.29, 1.82) is 0 Å². The van der Waals surface area contributed by atoms with Gasteiger partial charge in [0.25, 0.3) is 0 Å². The van der Waals surface area contributed by atoms with Crippen LogP contribution in [0.3, 0.4) is 0 Å². The normalized spacial score (nSPS) is 12.4. The van der Waals surface area contributed by atoms with E-state index in [1.165, 1.54) is 16.8 Å². The molecule has 8 heteroatoms. The van der Waals surface area contributed by atoms with Crippen molar-refractivity contribution < 1.29 is 13.2 Å². The van der Waals surface area contributed by atoms with Crippen molar-refractivity contribution in [3.05, 3.63) is 30.0 Å². The zero-order chi connectivity index (χ0) is 12.0. The summed E-state index contributed by atoms with van der Waals surface area (Å²) >= 11 is 0. The maximum absolute atomic E-state index is 12.6. The van der Waals surface area contributed by atoms with Crippen LogP contribution < -0.4 is 0 Å². The Balaban J connectivity index is 2.40. The SMILES string of the molecule is FC(F)(F)c1ccc2ncc3nnnn3c2c1. The summed E-state index contributed by atoms with van der Waals surface area (Å²) in [7, 11) is 0. The summed E-state index contributed by atoms with van der Waals surface area (Å²) in [5.41, 5.74) is 0.173. The van der Waals surface area contributed by atoms with Crippen LogP contribution in [-0.2, 0) is 6.18 Å². The summed E-state index contributed by atoms with van der Waals surface area (Å²) < 4.78 is 38.9. The molecule has 0 aliphatic rings. The minimum absolute atomic E-state index is 0.224. The van der Waals surface area contributed by atoms with Gasteiger partial charge in [0.15, 0.2) is 5.65 Å². The number of hydrogen-bond donors (Lipinski definition) is 0. The van der Waals surface area contributed by atoms with E-state index in [9.17, 15) is 13.2 Å². The molecule has 0 spiro atoms. The molecule has 2 heterocycles. The van der Waals surface area contributed by atoms with E-state index in [-0.39, 0.29) is 5.52 Å². The first-order chi connectivity index (χ1) is 8.05. The smallest absolute Gasteiger partial charge is 0.251 e. The fourth-order valence-corrected chi connectivity index (χ4v) is 1.55. The predicted octanol–water partition coefficient (Wildman–Crippen LogP) is 1.69. The molecule has 86 valence electrons. The van der Waals surface area contributed by atoms with Gasteiger partial charge < -0.3 is 0 Å². The Morgan fingerprint density at radius 3 is 2.76 bits per heavy atom. The summed E-state index contributed by atoms with van der Waals surface area (Å²) in [6.45, 7) is 0. The van der Waals surface area contributed by atoms with Crippen LogP contribution in [0, 0.1) is 0 Å². The van der Waals surface area contributed by atoms with Crippen molar-refractivity contribution in [2.24, 2.45) is 0 Å². The highest BCUT2D eigenvalue weighted by atomic mass is 19.4. The van der Waals surface area contributed by atoms with E-state index in [1.807, 2.05) is 0 Å². The van der Waals surface area contributed by atoms with Crippen molar-refractivity contribution in [3.63, 3.8) is 0 Å². The van der Waals surface area contributed by atoms with E-state index in [0.717, 1.165) is 12.1 Å². The third-order valence-electron chi connectivity index (χ3n) is 2.34. The number of aromatic nitrogens is 5. The number of halogens is 3. The number of alkyl halides is 3. The van der Waals surface area contributed by atoms with Gasteiger partial charge in [0.1, 0.15) is 0 Å². The molecule has 0 saturated carbocycles. The lowest BCUT2D eigenvalue weighted by atomic mass is 10.2. The molecular weight excluding hydrogens is 235 g/mol. The Kier molecular flexibility index (Phi) is 1.83. The van der Waals surface area contributed by atoms with E-state index < -0.39 is 11.7 Å². The molecular formula is C9H4F3N5. The van der Waals surface area contributed by atoms with E-state index in [0.29, 0.717) is 11.2 Å². The first-order valence-electron chi connectivity index (χ1n) is 4.60. The largest absolute Gasteiger partial charge is 0.416 e. The number of hydrogen-bond acceptors (Lipinski definition) is 4. The van der Waals surface area contributed by atoms with Gasteiger partial charge in [0.05, 0.1) is 22.8 Å². The van der Waals surface area contributed by atoms with Crippen LogP contribution in [-0.4, -0.2) is 25.0 Å². The van der Waals surface area contributed by atoms with Crippen LogP contribution in [0.5, 0.6) is 0 Å². The molecule has 0 fully saturated rings. The van der Waals surface area contributed by atoms with Gasteiger partial charge in [0.2, 0.25) is 0 Å². The summed E-state index contributed by atoms with van der Waals surface area (Å²) in [5, 5.41) is 10.6. The first-order valence-corrected chi connectivity index (χ1v) is 4.60. The highest BCUT2D eigenvalue weighted by molar-refractivity contribution is 5.77. The number of fused-ring (bicyclic) bond motifs is 3. The molecule has 0 atom stereocenters. The Morgan fingerprint density at radius 2 is 2.00 bits per heavy atom. The van der Waals surface area contributed by atoms with Gasteiger partial charge in [-0.3, -0.25) is 4.98 Å². The summed E-state index contributed by atoms with van der Waals surface area (Å²) in [5.74, 6) is 0. The third kappa shape index (κ3) is 1.49. The first kappa shape index (κ1) is 9.94. The quantitative estimate of drug-likeness (QED) is 0.599. The second-order valence-electron chi connectivity index (χ2n) is 3.41. The van der Waals surface area contributed by atoms with Gasteiger partial charge in [0, 0.05) is 0 Å². The molecule has 0 aliphatic heterocycles. The number of tetrazole rings is 1. The lowest BCUT2D eigenvalue weighted by Crippen LogP contribution is -2.05. The molecule has 0 bridgehead atoms. The minimum atomic E-state index is -4.40. The fraction of sp³-hybridized carbons (Fsp3) is 0.111. The number of nitrogens with zero attached hydrogens (tertiary/aromatic N) is 5. The molecule has 0 N–H and O–H groups in total. The highest BCUT2D eigenvalue weighted by Crippen LogP contribution is 2.30. The summed E-state index contributed by atoms with van der Waals surface area (Å²) in [6.07, 6.45) is -3.00. The van der Waals surface area contributed by atoms with Crippen molar-refractivity contribution in [3.8, 4) is 0 Å². The van der Waals surface area contributed by atoms with Gasteiger partial charge >= 0.3 is 6.18 Å². The molecule has 3 rings (SSSR count). The third-order valence-corrected chi connectivity index (χ3v) is 2.34. The highest BCUT2D eigenvalue weighted by Gasteiger charge is 2.30. The molecule has 0 unspecified atom stereocenters. The zero-order valence-corrected chi connectivity index (χ0v) is 8.18. The summed E-state index contributed by atoms with van der Waals surface area (Å²) in [6, 6.07) is 3.25. The standard InChI is InChI=1S/C9H4F3N5/c10-9(11,12)5-1-2-6-7(3-5)17-8(4-13-6)14-15-16-17/h1-4H. The average molecular weight is 239 g/mol. The van der Waals surface area contributed by atoms with Crippen molar-refractivity contribution >= 4 is 16.7 Å². The Labute approximate surface area is 91.9 Å². The van der Waals surface area contributed by atoms with Crippen LogP contribution >= 0.6 is 0 Å². The molecule has 1 aromatic carbocycles. The zero-order valence-electron chi connectivity index (χ0n) is 8.18. The second kappa shape index (κ2) is 3.12. The predicted molar refractivity (Wildman–Crippen MR) is 51.1 cm³/mol. The average Bonchev–Trinajstić information content (AvgIpc) is 2.75. The van der Waals surface area contributed by atoms with Gasteiger partial charge in [-0.2, -0.15) is 17.7 Å². The topological polar surface area (TPSA) is 56.0 Å². The minimum Gasteiger partial charge on any atom is -0.251 e. The second-order valence-corrected chi connectivity index (χ2v) is 3.41. The molecule has 0 aliphatic carbocycles. The lowest BCUT2D eigenvalue weighted by molar-refractivity contribution is -0.137. The van der Waals surface area contributed by atoms with Gasteiger partial charge in [-0.05, 0) is 28.6 Å². The van der Waals surface area contributed by atoms with Crippen LogP contribution in [0.4, 0.5) is 13.2 Å². The number of benzene rings is 1. The van der Waals surface area contributed by atoms with E-state index >= 15 is 0 Å². The monoisotopic (exact) mass is 239 g/mol. The van der Waals surface area contributed by atoms with Crippen molar-refractivity contribution in [2.45, 2.75) is 6.18 Å². The number of rotatable bonds is 0. The van der Waals surface area contributed by atoms with Crippen LogP contribution in [0.25, 0.3) is 16.7 Å². The molecule has 2 aromatic heterocycles. The lowest BCUT2D eigenvalue weighted by Gasteiger charge is -2.07. The van der Waals surface area contributed by atoms with Gasteiger partial charge in [-0.25, -0.2) is 0 Å². The van der Waals surface area contributed by atoms with Crippen molar-refractivity contribution in [2.75, 3.05) is 0 Å². The molecule has 5 nitrogen and oxygen atoms in total. The van der Waals surface area contributed by atoms with E-state index in [1.54, 1.807) is 0 Å². The van der Waals surface area contributed by atoms with Gasteiger partial charge in [-0.1, -0.05) is 0 Å². The van der Waals surface area contributed by atoms with Crippen molar-refractivity contribution in [1.82, 2.24) is 25.0 Å². The molecule has 0 saturated heterocycles. The Bertz CT molecular complexity index is 702. The van der Waals surface area contributed by atoms with Crippen LogP contribution in [0.2, 0.25) is 0 Å². The van der Waals surface area contributed by atoms with Crippen LogP contribution in [0.1, 0.15) is 5.56 Å². The maximum atomic E-state index is 12.6. The summed E-state index contributed by atoms with van der Waals surface area (Å²) in [4.78, 5) is 3.97. The molecule has 3 aromatic rings. The molecule has 0 radical (unpaired) electrons. The van der Waals surface area contributed by atoms with E-state index in [4.69, 9.17) is 0 Å². The Hall–Kier alpha value is -2.25. The van der Waals surface area contributed by atoms with Gasteiger partial charge in [-0.15, -0.1) is 5.10 Å². The maximum Gasteiger partial charge on any atom is 0.416 e. The van der Waals surface area contributed by atoms with E-state index in [2.05, 4.69) is 20.5 Å². The Morgan fingerprint density at radius 1 is 1.18 bits per heavy atom. The van der Waals surface area contributed by atoms with Crippen LogP contribution in [0.15, 0.2) is 24.4 Å².